The van der Waals surface area contributed by atoms with Gasteiger partial charge in [0.05, 0.1) is 29.2 Å². The normalized spacial score (nSPS) is 17.2. The maximum atomic E-state index is 11.5. The smallest absolute Gasteiger partial charge is 0.409 e. The topological polar surface area (TPSA) is 147 Å². The predicted octanol–water partition coefficient (Wildman–Crippen LogP) is 3.38. The molecule has 0 atom stereocenters. The third-order valence-corrected chi connectivity index (χ3v) is 7.56. The summed E-state index contributed by atoms with van der Waals surface area (Å²) in [6.45, 7) is 3.35. The number of aryl methyl sites for hydroxylation is 2. The standard InChI is InChI=1S/C20H27N5O5S2/c1-14(26)23-19-24-17(18(31-19)12-25-8-10-32(29,30)11-9-25)7-4-15-2-5-16(6-3-15)21-13-22-20(27)28/h2-3,5-6,13,29-30H,4,7-12H2,1H3,(H,21,22)(H,27,28)(H,23,24,26). The molecule has 1 aliphatic heterocycles. The fraction of sp³-hybridized carbons (Fsp3) is 0.400. The van der Waals surface area contributed by atoms with Crippen LogP contribution < -0.4 is 10.6 Å². The molecule has 0 radical (unpaired) electrons. The number of anilines is 1. The van der Waals surface area contributed by atoms with Crippen LogP contribution in [0.3, 0.4) is 0 Å². The predicted molar refractivity (Wildman–Crippen MR) is 127 cm³/mol. The average molecular weight is 482 g/mol. The van der Waals surface area contributed by atoms with E-state index < -0.39 is 16.7 Å². The van der Waals surface area contributed by atoms with E-state index in [2.05, 4.69) is 25.5 Å². The highest BCUT2D eigenvalue weighted by Gasteiger charge is 2.24. The van der Waals surface area contributed by atoms with Crippen LogP contribution in [-0.4, -0.2) is 67.0 Å². The number of aromatic nitrogens is 1. The zero-order valence-electron chi connectivity index (χ0n) is 17.7. The van der Waals surface area contributed by atoms with Crippen molar-refractivity contribution in [2.24, 2.45) is 4.99 Å². The van der Waals surface area contributed by atoms with Gasteiger partial charge in [-0.15, -0.1) is 11.3 Å². The fourth-order valence-corrected chi connectivity index (χ4v) is 5.61. The number of nitrogens with one attached hydrogen (secondary N) is 2. The lowest BCUT2D eigenvalue weighted by atomic mass is 10.1. The number of carbonyl (C=O) groups is 2. The van der Waals surface area contributed by atoms with Crippen molar-refractivity contribution >= 4 is 51.1 Å². The van der Waals surface area contributed by atoms with Crippen LogP contribution in [0.5, 0.6) is 0 Å². The zero-order valence-corrected chi connectivity index (χ0v) is 19.3. The SMILES string of the molecule is CC(=O)Nc1nc(CCc2ccc(N=CNC(=O)O)cc2)c(CN2CCS(O)(O)CC2)s1. The highest BCUT2D eigenvalue weighted by Crippen LogP contribution is 2.40. The summed E-state index contributed by atoms with van der Waals surface area (Å²) in [5.74, 6) is 0.602. The summed E-state index contributed by atoms with van der Waals surface area (Å²) >= 11 is 1.45. The zero-order chi connectivity index (χ0) is 23.1. The molecular formula is C20H27N5O5S2. The minimum absolute atomic E-state index is 0.169. The van der Waals surface area contributed by atoms with Crippen molar-refractivity contribution in [2.75, 3.05) is 29.9 Å². The minimum Gasteiger partial charge on any atom is -0.465 e. The van der Waals surface area contributed by atoms with E-state index in [1.807, 2.05) is 24.3 Å². The van der Waals surface area contributed by atoms with Gasteiger partial charge in [-0.25, -0.2) is 14.8 Å². The van der Waals surface area contributed by atoms with Crippen molar-refractivity contribution in [1.29, 1.82) is 0 Å². The van der Waals surface area contributed by atoms with Crippen molar-refractivity contribution in [3.05, 3.63) is 40.4 Å². The molecule has 32 heavy (non-hydrogen) atoms. The summed E-state index contributed by atoms with van der Waals surface area (Å²) in [6, 6.07) is 7.49. The Balaban J connectivity index is 1.64. The molecule has 1 saturated heterocycles. The molecule has 2 aromatic rings. The number of hydrogen-bond acceptors (Lipinski definition) is 8. The molecule has 5 N–H and O–H groups in total. The van der Waals surface area contributed by atoms with E-state index in [-0.39, 0.29) is 5.91 Å². The molecule has 1 aromatic heterocycles. The summed E-state index contributed by atoms with van der Waals surface area (Å²) in [5, 5.41) is 14.0. The van der Waals surface area contributed by atoms with Crippen molar-refractivity contribution in [3.63, 3.8) is 0 Å². The number of benzene rings is 1. The summed E-state index contributed by atoms with van der Waals surface area (Å²) < 4.78 is 19.7. The number of carboxylic acid groups (broad SMARTS) is 1. The van der Waals surface area contributed by atoms with E-state index in [0.29, 0.717) is 48.4 Å². The van der Waals surface area contributed by atoms with Crippen LogP contribution in [0.1, 0.15) is 23.1 Å². The average Bonchev–Trinajstić information content (AvgIpc) is 3.09. The molecule has 10 nitrogen and oxygen atoms in total. The number of nitrogens with zero attached hydrogens (tertiary/aromatic N) is 3. The second kappa shape index (κ2) is 10.9. The summed E-state index contributed by atoms with van der Waals surface area (Å²) in [4.78, 5) is 33.8. The van der Waals surface area contributed by atoms with Gasteiger partial charge in [0.25, 0.3) is 0 Å². The number of hydrogen-bond donors (Lipinski definition) is 5. The molecule has 3 rings (SSSR count). The Hall–Kier alpha value is -2.51. The molecular weight excluding hydrogens is 454 g/mol. The van der Waals surface area contributed by atoms with Crippen molar-refractivity contribution < 1.29 is 23.8 Å². The van der Waals surface area contributed by atoms with E-state index in [1.165, 1.54) is 18.3 Å². The lowest BCUT2D eigenvalue weighted by molar-refractivity contribution is -0.114. The third kappa shape index (κ3) is 7.57. The number of carbonyl (C=O) groups excluding carboxylic acids is 1. The van der Waals surface area contributed by atoms with Crippen LogP contribution in [0.25, 0.3) is 0 Å². The molecule has 0 unspecified atom stereocenters. The van der Waals surface area contributed by atoms with Gasteiger partial charge in [0.2, 0.25) is 5.91 Å². The summed E-state index contributed by atoms with van der Waals surface area (Å²) in [7, 11) is -2.44. The largest absolute Gasteiger partial charge is 0.465 e. The maximum Gasteiger partial charge on any atom is 0.409 e. The van der Waals surface area contributed by atoms with Crippen LogP contribution in [0.2, 0.25) is 0 Å². The molecule has 174 valence electrons. The highest BCUT2D eigenvalue weighted by atomic mass is 32.3. The number of aliphatic imine (C=N–C) groups is 1. The second-order valence-corrected chi connectivity index (χ2v) is 10.9. The third-order valence-electron chi connectivity index (χ3n) is 4.89. The Bertz CT molecular complexity index is 967. The van der Waals surface area contributed by atoms with Gasteiger partial charge >= 0.3 is 6.09 Å². The molecule has 2 heterocycles. The molecule has 0 bridgehead atoms. The van der Waals surface area contributed by atoms with E-state index in [1.54, 1.807) is 0 Å². The Labute approximate surface area is 191 Å². The monoisotopic (exact) mass is 481 g/mol. The van der Waals surface area contributed by atoms with Crippen LogP contribution in [0.15, 0.2) is 29.3 Å². The van der Waals surface area contributed by atoms with E-state index in [4.69, 9.17) is 5.11 Å². The van der Waals surface area contributed by atoms with Gasteiger partial charge in [-0.3, -0.25) is 24.1 Å². The van der Waals surface area contributed by atoms with Crippen LogP contribution >= 0.6 is 21.9 Å². The van der Waals surface area contributed by atoms with Crippen molar-refractivity contribution in [3.8, 4) is 0 Å². The van der Waals surface area contributed by atoms with Crippen LogP contribution in [-0.2, 0) is 24.2 Å². The molecule has 0 spiro atoms. The van der Waals surface area contributed by atoms with Gasteiger partial charge in [-0.1, -0.05) is 12.1 Å². The second-order valence-electron chi connectivity index (χ2n) is 7.43. The Morgan fingerprint density at radius 3 is 2.53 bits per heavy atom. The van der Waals surface area contributed by atoms with Gasteiger partial charge in [0.1, 0.15) is 0 Å². The van der Waals surface area contributed by atoms with Gasteiger partial charge in [-0.2, -0.15) is 10.6 Å². The van der Waals surface area contributed by atoms with E-state index >= 15 is 0 Å². The number of amides is 2. The fourth-order valence-electron chi connectivity index (χ4n) is 3.21. The van der Waals surface area contributed by atoms with Gasteiger partial charge in [0.15, 0.2) is 5.13 Å². The van der Waals surface area contributed by atoms with E-state index in [0.717, 1.165) is 28.9 Å². The van der Waals surface area contributed by atoms with E-state index in [9.17, 15) is 18.7 Å². The quantitative estimate of drug-likeness (QED) is 0.287. The molecule has 0 aliphatic carbocycles. The van der Waals surface area contributed by atoms with Gasteiger partial charge in [-0.05, 0) is 30.5 Å². The summed E-state index contributed by atoms with van der Waals surface area (Å²) in [5.41, 5.74) is 2.65. The molecule has 1 aliphatic rings. The maximum absolute atomic E-state index is 11.5. The molecule has 0 saturated carbocycles. The number of rotatable bonds is 8. The van der Waals surface area contributed by atoms with Gasteiger partial charge < -0.3 is 10.4 Å². The number of thiazole rings is 1. The van der Waals surface area contributed by atoms with Crippen LogP contribution in [0.4, 0.5) is 15.6 Å². The van der Waals surface area contributed by atoms with Gasteiger partial charge in [0, 0.05) is 31.4 Å². The first kappa shape index (κ1) is 24.1. The highest BCUT2D eigenvalue weighted by molar-refractivity contribution is 8.24. The Kier molecular flexibility index (Phi) is 8.21. The molecule has 2 amide bonds. The first-order valence-electron chi connectivity index (χ1n) is 10.0. The first-order valence-corrected chi connectivity index (χ1v) is 12.7. The Morgan fingerprint density at radius 1 is 1.22 bits per heavy atom. The first-order chi connectivity index (χ1) is 15.2. The Morgan fingerprint density at radius 2 is 1.91 bits per heavy atom. The van der Waals surface area contributed by atoms with Crippen molar-refractivity contribution in [1.82, 2.24) is 15.2 Å². The van der Waals surface area contributed by atoms with Crippen LogP contribution in [0, 0.1) is 0 Å². The molecule has 12 heteroatoms. The lowest BCUT2D eigenvalue weighted by Gasteiger charge is -2.40. The van der Waals surface area contributed by atoms with Crippen molar-refractivity contribution in [2.45, 2.75) is 26.3 Å². The minimum atomic E-state index is -2.44. The molecule has 1 fully saturated rings. The summed E-state index contributed by atoms with van der Waals surface area (Å²) in [6.07, 6.45) is 1.40. The lowest BCUT2D eigenvalue weighted by Crippen LogP contribution is -2.37. The molecule has 1 aromatic carbocycles.